The molecule has 0 fully saturated rings. The van der Waals surface area contributed by atoms with Crippen molar-refractivity contribution in [2.24, 2.45) is 0 Å². The van der Waals surface area contributed by atoms with Crippen LogP contribution in [0.15, 0.2) is 24.3 Å². The first-order valence-electron chi connectivity index (χ1n) is 7.53. The Balaban J connectivity index is 2.07. The zero-order valence-electron chi connectivity index (χ0n) is 12.9. The molecule has 0 spiro atoms. The predicted molar refractivity (Wildman–Crippen MR) is 84.6 cm³/mol. The molecule has 116 valence electrons. The van der Waals surface area contributed by atoms with Crippen molar-refractivity contribution in [3.05, 3.63) is 29.8 Å². The highest BCUT2D eigenvalue weighted by atomic mass is 16.5. The number of carbonyl (C=O) groups is 1. The van der Waals surface area contributed by atoms with Crippen LogP contribution in [0.4, 0.5) is 5.69 Å². The maximum Gasteiger partial charge on any atom is 0.239 e. The molecule has 1 aromatic carbocycles. The second-order valence-electron chi connectivity index (χ2n) is 5.31. The van der Waals surface area contributed by atoms with Gasteiger partial charge in [-0.25, -0.2) is 0 Å². The molecule has 1 unspecified atom stereocenters. The zero-order valence-corrected chi connectivity index (χ0v) is 12.9. The van der Waals surface area contributed by atoms with E-state index in [0.29, 0.717) is 25.7 Å². The summed E-state index contributed by atoms with van der Waals surface area (Å²) in [6.07, 6.45) is 2.17. The fraction of sp³-hybridized carbons (Fsp3) is 0.562. The summed E-state index contributed by atoms with van der Waals surface area (Å²) in [4.78, 5) is 14.2. The highest BCUT2D eigenvalue weighted by Gasteiger charge is 2.22. The molecule has 1 heterocycles. The van der Waals surface area contributed by atoms with Gasteiger partial charge >= 0.3 is 0 Å². The lowest BCUT2D eigenvalue weighted by molar-refractivity contribution is -0.119. The first kappa shape index (κ1) is 15.8. The van der Waals surface area contributed by atoms with Gasteiger partial charge in [0.05, 0.1) is 13.2 Å². The number of methoxy groups -OCH3 is 1. The SMILES string of the molecule is CNC1CCCN(CC(=O)NCCOC)c2ccccc21. The summed E-state index contributed by atoms with van der Waals surface area (Å²) >= 11 is 0. The van der Waals surface area contributed by atoms with Gasteiger partial charge in [-0.1, -0.05) is 18.2 Å². The Hall–Kier alpha value is -1.59. The van der Waals surface area contributed by atoms with Gasteiger partial charge < -0.3 is 20.3 Å². The van der Waals surface area contributed by atoms with E-state index >= 15 is 0 Å². The first-order chi connectivity index (χ1) is 10.3. The van der Waals surface area contributed by atoms with Crippen molar-refractivity contribution in [1.29, 1.82) is 0 Å². The first-order valence-corrected chi connectivity index (χ1v) is 7.53. The van der Waals surface area contributed by atoms with Crippen molar-refractivity contribution in [2.45, 2.75) is 18.9 Å². The molecule has 0 aromatic heterocycles. The van der Waals surface area contributed by atoms with E-state index in [2.05, 4.69) is 33.7 Å². The Morgan fingerprint density at radius 1 is 1.43 bits per heavy atom. The van der Waals surface area contributed by atoms with Crippen molar-refractivity contribution in [3.8, 4) is 0 Å². The Kier molecular flexibility index (Phi) is 6.02. The van der Waals surface area contributed by atoms with Gasteiger partial charge in [0.25, 0.3) is 0 Å². The molecule has 0 bridgehead atoms. The quantitative estimate of drug-likeness (QED) is 0.776. The van der Waals surface area contributed by atoms with E-state index in [4.69, 9.17) is 4.74 Å². The third kappa shape index (κ3) is 4.19. The smallest absolute Gasteiger partial charge is 0.239 e. The summed E-state index contributed by atoms with van der Waals surface area (Å²) in [6.45, 7) is 2.41. The molecule has 2 N–H and O–H groups in total. The van der Waals surface area contributed by atoms with Crippen LogP contribution < -0.4 is 15.5 Å². The standard InChI is InChI=1S/C16H25N3O2/c1-17-14-7-5-10-19(12-16(20)18-9-11-21-2)15-8-4-3-6-13(14)15/h3-4,6,8,14,17H,5,7,9-12H2,1-2H3,(H,18,20). The van der Waals surface area contributed by atoms with Gasteiger partial charge in [0.1, 0.15) is 0 Å². The van der Waals surface area contributed by atoms with Crippen molar-refractivity contribution in [3.63, 3.8) is 0 Å². The average molecular weight is 291 g/mol. The molecule has 0 saturated heterocycles. The van der Waals surface area contributed by atoms with Gasteiger partial charge in [-0.15, -0.1) is 0 Å². The number of benzene rings is 1. The highest BCUT2D eigenvalue weighted by molar-refractivity contribution is 5.81. The summed E-state index contributed by atoms with van der Waals surface area (Å²) < 4.78 is 4.95. The van der Waals surface area contributed by atoms with Crippen LogP contribution in [0, 0.1) is 0 Å². The average Bonchev–Trinajstić information content (AvgIpc) is 2.67. The van der Waals surface area contributed by atoms with Crippen molar-refractivity contribution >= 4 is 11.6 Å². The van der Waals surface area contributed by atoms with Crippen molar-refractivity contribution in [2.75, 3.05) is 45.3 Å². The second-order valence-corrected chi connectivity index (χ2v) is 5.31. The fourth-order valence-electron chi connectivity index (χ4n) is 2.82. The van der Waals surface area contributed by atoms with Gasteiger partial charge in [0.15, 0.2) is 0 Å². The molecule has 1 amide bonds. The van der Waals surface area contributed by atoms with Gasteiger partial charge in [-0.05, 0) is 31.5 Å². The number of ether oxygens (including phenoxy) is 1. The molecule has 0 saturated carbocycles. The van der Waals surface area contributed by atoms with E-state index in [0.717, 1.165) is 25.1 Å². The number of amides is 1. The minimum atomic E-state index is 0.0461. The van der Waals surface area contributed by atoms with Crippen molar-refractivity contribution in [1.82, 2.24) is 10.6 Å². The van der Waals surface area contributed by atoms with Crippen LogP contribution in [0.1, 0.15) is 24.4 Å². The summed E-state index contributed by atoms with van der Waals surface area (Å²) in [6, 6.07) is 8.71. The van der Waals surface area contributed by atoms with E-state index in [1.807, 2.05) is 13.1 Å². The Morgan fingerprint density at radius 2 is 2.24 bits per heavy atom. The third-order valence-electron chi connectivity index (χ3n) is 3.88. The minimum absolute atomic E-state index is 0.0461. The number of rotatable bonds is 6. The summed E-state index contributed by atoms with van der Waals surface area (Å²) in [7, 11) is 3.63. The summed E-state index contributed by atoms with van der Waals surface area (Å²) in [5, 5.41) is 6.26. The lowest BCUT2D eigenvalue weighted by atomic mass is 10.0. The topological polar surface area (TPSA) is 53.6 Å². The molecule has 5 nitrogen and oxygen atoms in total. The monoisotopic (exact) mass is 291 g/mol. The number of fused-ring (bicyclic) bond motifs is 1. The molecule has 21 heavy (non-hydrogen) atoms. The van der Waals surface area contributed by atoms with E-state index in [-0.39, 0.29) is 5.91 Å². The molecule has 1 aliphatic rings. The number of anilines is 1. The Labute approximate surface area is 126 Å². The molecule has 1 aliphatic heterocycles. The van der Waals surface area contributed by atoms with Crippen LogP contribution in [0.25, 0.3) is 0 Å². The van der Waals surface area contributed by atoms with Crippen LogP contribution in [0.3, 0.4) is 0 Å². The number of hydrogen-bond donors (Lipinski definition) is 2. The van der Waals surface area contributed by atoms with Gasteiger partial charge in [-0.2, -0.15) is 0 Å². The lowest BCUT2D eigenvalue weighted by Crippen LogP contribution is -2.39. The van der Waals surface area contributed by atoms with Gasteiger partial charge in [0.2, 0.25) is 5.91 Å². The second kappa shape index (κ2) is 8.00. The molecular formula is C16H25N3O2. The predicted octanol–water partition coefficient (Wildman–Crippen LogP) is 1.31. The van der Waals surface area contributed by atoms with Gasteiger partial charge in [-0.3, -0.25) is 4.79 Å². The normalized spacial score (nSPS) is 18.0. The third-order valence-corrected chi connectivity index (χ3v) is 3.88. The van der Waals surface area contributed by atoms with Crippen LogP contribution >= 0.6 is 0 Å². The zero-order chi connectivity index (χ0) is 15.1. The van der Waals surface area contributed by atoms with E-state index in [1.54, 1.807) is 7.11 Å². The number of carbonyl (C=O) groups excluding carboxylic acids is 1. The maximum absolute atomic E-state index is 12.0. The van der Waals surface area contributed by atoms with Crippen LogP contribution in [-0.2, 0) is 9.53 Å². The molecule has 2 rings (SSSR count). The van der Waals surface area contributed by atoms with E-state index in [9.17, 15) is 4.79 Å². The highest BCUT2D eigenvalue weighted by Crippen LogP contribution is 2.32. The van der Waals surface area contributed by atoms with E-state index < -0.39 is 0 Å². The fourth-order valence-corrected chi connectivity index (χ4v) is 2.82. The van der Waals surface area contributed by atoms with Crippen molar-refractivity contribution < 1.29 is 9.53 Å². The maximum atomic E-state index is 12.0. The lowest BCUT2D eigenvalue weighted by Gasteiger charge is -2.25. The molecule has 0 radical (unpaired) electrons. The summed E-state index contributed by atoms with van der Waals surface area (Å²) in [5.74, 6) is 0.0461. The van der Waals surface area contributed by atoms with Crippen LogP contribution in [-0.4, -0.2) is 46.3 Å². The Bertz CT molecular complexity index is 465. The number of para-hydroxylation sites is 1. The number of nitrogens with one attached hydrogen (secondary N) is 2. The minimum Gasteiger partial charge on any atom is -0.383 e. The van der Waals surface area contributed by atoms with Crippen LogP contribution in [0.2, 0.25) is 0 Å². The van der Waals surface area contributed by atoms with Gasteiger partial charge in [0, 0.05) is 31.9 Å². The molecular weight excluding hydrogens is 266 g/mol. The molecule has 5 heteroatoms. The summed E-state index contributed by atoms with van der Waals surface area (Å²) in [5.41, 5.74) is 2.44. The molecule has 1 atom stereocenters. The Morgan fingerprint density at radius 3 is 3.00 bits per heavy atom. The van der Waals surface area contributed by atoms with E-state index in [1.165, 1.54) is 5.56 Å². The molecule has 1 aromatic rings. The number of hydrogen-bond acceptors (Lipinski definition) is 4. The molecule has 0 aliphatic carbocycles. The largest absolute Gasteiger partial charge is 0.383 e. The van der Waals surface area contributed by atoms with Crippen LogP contribution in [0.5, 0.6) is 0 Å². The number of nitrogens with zero attached hydrogens (tertiary/aromatic N) is 1.